The average molecular weight is 363 g/mol. The highest BCUT2D eigenvalue weighted by atomic mass is 16.5. The van der Waals surface area contributed by atoms with Crippen molar-refractivity contribution in [2.45, 2.75) is 32.4 Å². The number of β-amino-alcohol motifs (C(OH)–C–C–N with tert-alkyl or cyclic N) is 1. The van der Waals surface area contributed by atoms with Crippen LogP contribution in [0.15, 0.2) is 29.2 Å². The van der Waals surface area contributed by atoms with Crippen LogP contribution in [-0.4, -0.2) is 76.9 Å². The van der Waals surface area contributed by atoms with Crippen molar-refractivity contribution >= 4 is 5.91 Å². The number of likely N-dealkylation sites (tertiary alicyclic amines) is 1. The molecule has 0 radical (unpaired) electrons. The number of nitrogens with zero attached hydrogens (tertiary/aromatic N) is 3. The summed E-state index contributed by atoms with van der Waals surface area (Å²) >= 11 is 0. The summed E-state index contributed by atoms with van der Waals surface area (Å²) in [4.78, 5) is 28.5. The van der Waals surface area contributed by atoms with Crippen LogP contribution in [0.1, 0.15) is 20.3 Å². The Bertz CT molecular complexity index is 696. The van der Waals surface area contributed by atoms with Crippen molar-refractivity contribution in [2.24, 2.45) is 5.41 Å². The molecule has 2 saturated heterocycles. The molecule has 1 N–H and O–H groups in total. The Balaban J connectivity index is 1.64. The molecule has 3 heterocycles. The molecule has 26 heavy (non-hydrogen) atoms. The molecule has 0 aromatic carbocycles. The van der Waals surface area contributed by atoms with Gasteiger partial charge in [0.15, 0.2) is 0 Å². The van der Waals surface area contributed by atoms with Gasteiger partial charge in [0.2, 0.25) is 5.91 Å². The fourth-order valence-corrected chi connectivity index (χ4v) is 3.83. The molecule has 1 amide bonds. The van der Waals surface area contributed by atoms with Gasteiger partial charge in [-0.2, -0.15) is 0 Å². The van der Waals surface area contributed by atoms with Crippen molar-refractivity contribution in [2.75, 3.05) is 45.9 Å². The van der Waals surface area contributed by atoms with E-state index in [1.165, 1.54) is 10.6 Å². The van der Waals surface area contributed by atoms with E-state index < -0.39 is 11.0 Å². The number of amides is 1. The molecule has 0 unspecified atom stereocenters. The van der Waals surface area contributed by atoms with Gasteiger partial charge >= 0.3 is 0 Å². The van der Waals surface area contributed by atoms with Crippen molar-refractivity contribution in [3.63, 3.8) is 0 Å². The van der Waals surface area contributed by atoms with Gasteiger partial charge in [-0.25, -0.2) is 0 Å². The van der Waals surface area contributed by atoms with Gasteiger partial charge in [-0.15, -0.1) is 0 Å². The molecule has 1 atom stereocenters. The largest absolute Gasteiger partial charge is 0.388 e. The third-order valence-corrected chi connectivity index (χ3v) is 5.79. The number of hydrogen-bond donors (Lipinski definition) is 1. The van der Waals surface area contributed by atoms with Crippen LogP contribution >= 0.6 is 0 Å². The quantitative estimate of drug-likeness (QED) is 0.825. The van der Waals surface area contributed by atoms with Gasteiger partial charge in [0.05, 0.1) is 18.8 Å². The summed E-state index contributed by atoms with van der Waals surface area (Å²) < 4.78 is 6.80. The van der Waals surface area contributed by atoms with Gasteiger partial charge in [0, 0.05) is 50.4 Å². The lowest BCUT2D eigenvalue weighted by Gasteiger charge is -2.52. The number of piperidine rings is 1. The molecule has 0 bridgehead atoms. The molecule has 1 aromatic heterocycles. The maximum absolute atomic E-state index is 12.7. The van der Waals surface area contributed by atoms with Gasteiger partial charge in [0.1, 0.15) is 6.54 Å². The van der Waals surface area contributed by atoms with E-state index in [2.05, 4.69) is 4.90 Å². The molecular formula is C19H29N3O4. The van der Waals surface area contributed by atoms with Crippen molar-refractivity contribution in [3.05, 3.63) is 34.7 Å². The second kappa shape index (κ2) is 7.50. The maximum Gasteiger partial charge on any atom is 0.250 e. The number of morpholine rings is 1. The van der Waals surface area contributed by atoms with Crippen LogP contribution < -0.4 is 5.56 Å². The minimum Gasteiger partial charge on any atom is -0.388 e. The topological polar surface area (TPSA) is 75.0 Å². The van der Waals surface area contributed by atoms with Crippen LogP contribution in [0.25, 0.3) is 0 Å². The SMILES string of the molecule is CC1(C)CN(C(=O)Cn2ccccc2=O)CC[C@@]1(O)CN1CCOCC1. The lowest BCUT2D eigenvalue weighted by atomic mass is 9.69. The summed E-state index contributed by atoms with van der Waals surface area (Å²) in [7, 11) is 0. The van der Waals surface area contributed by atoms with E-state index in [4.69, 9.17) is 4.74 Å². The molecular weight excluding hydrogens is 334 g/mol. The molecule has 144 valence electrons. The van der Waals surface area contributed by atoms with E-state index in [0.29, 0.717) is 39.3 Å². The highest BCUT2D eigenvalue weighted by molar-refractivity contribution is 5.76. The molecule has 1 aromatic rings. The normalized spacial score (nSPS) is 26.7. The number of hydrogen-bond acceptors (Lipinski definition) is 5. The minimum absolute atomic E-state index is 0.0393. The van der Waals surface area contributed by atoms with Gasteiger partial charge < -0.3 is 19.3 Å². The van der Waals surface area contributed by atoms with E-state index in [0.717, 1.165) is 13.1 Å². The smallest absolute Gasteiger partial charge is 0.250 e. The van der Waals surface area contributed by atoms with Gasteiger partial charge in [-0.3, -0.25) is 14.5 Å². The number of aliphatic hydroxyl groups is 1. The van der Waals surface area contributed by atoms with Gasteiger partial charge in [-0.05, 0) is 12.5 Å². The molecule has 0 aliphatic carbocycles. The molecule has 0 saturated carbocycles. The second-order valence-corrected chi connectivity index (χ2v) is 8.04. The number of pyridine rings is 1. The number of carbonyl (C=O) groups excluding carboxylic acids is 1. The van der Waals surface area contributed by atoms with E-state index in [9.17, 15) is 14.7 Å². The summed E-state index contributed by atoms with van der Waals surface area (Å²) in [5.74, 6) is -0.0835. The van der Waals surface area contributed by atoms with Crippen molar-refractivity contribution < 1.29 is 14.6 Å². The Morgan fingerprint density at radius 2 is 1.96 bits per heavy atom. The van der Waals surface area contributed by atoms with Crippen LogP contribution in [0.5, 0.6) is 0 Å². The summed E-state index contributed by atoms with van der Waals surface area (Å²) in [6.07, 6.45) is 2.16. The van der Waals surface area contributed by atoms with E-state index in [-0.39, 0.29) is 18.0 Å². The van der Waals surface area contributed by atoms with Crippen molar-refractivity contribution in [1.82, 2.24) is 14.4 Å². The van der Waals surface area contributed by atoms with E-state index >= 15 is 0 Å². The Morgan fingerprint density at radius 1 is 1.23 bits per heavy atom. The number of aromatic nitrogens is 1. The summed E-state index contributed by atoms with van der Waals surface area (Å²) in [6, 6.07) is 4.86. The predicted octanol–water partition coefficient (Wildman–Crippen LogP) is 0.170. The molecule has 3 rings (SSSR count). The van der Waals surface area contributed by atoms with Crippen molar-refractivity contribution in [3.8, 4) is 0 Å². The monoisotopic (exact) mass is 363 g/mol. The first-order valence-corrected chi connectivity index (χ1v) is 9.26. The third kappa shape index (κ3) is 4.00. The van der Waals surface area contributed by atoms with Crippen LogP contribution in [0.2, 0.25) is 0 Å². The first-order chi connectivity index (χ1) is 12.3. The standard InChI is InChI=1S/C19H29N3O4/c1-18(2)14-22(17(24)13-21-7-4-3-5-16(21)23)8-6-19(18,25)15-20-9-11-26-12-10-20/h3-5,7,25H,6,8-15H2,1-2H3/t19-/m1/s1. The molecule has 7 heteroatoms. The molecule has 2 aliphatic rings. The van der Waals surface area contributed by atoms with E-state index in [1.54, 1.807) is 23.2 Å². The number of ether oxygens (including phenoxy) is 1. The second-order valence-electron chi connectivity index (χ2n) is 8.04. The summed E-state index contributed by atoms with van der Waals surface area (Å²) in [6.45, 7) is 8.72. The zero-order valence-corrected chi connectivity index (χ0v) is 15.7. The number of rotatable bonds is 4. The highest BCUT2D eigenvalue weighted by Gasteiger charge is 2.49. The predicted molar refractivity (Wildman–Crippen MR) is 97.9 cm³/mol. The van der Waals surface area contributed by atoms with Crippen LogP contribution in [0.3, 0.4) is 0 Å². The van der Waals surface area contributed by atoms with Crippen LogP contribution in [0.4, 0.5) is 0 Å². The van der Waals surface area contributed by atoms with Crippen LogP contribution in [-0.2, 0) is 16.1 Å². The summed E-state index contributed by atoms with van der Waals surface area (Å²) in [5, 5.41) is 11.3. The maximum atomic E-state index is 12.7. The summed E-state index contributed by atoms with van der Waals surface area (Å²) in [5.41, 5.74) is -1.45. The molecule has 2 aliphatic heterocycles. The van der Waals surface area contributed by atoms with Crippen molar-refractivity contribution in [1.29, 1.82) is 0 Å². The van der Waals surface area contributed by atoms with Gasteiger partial charge in [0.25, 0.3) is 5.56 Å². The minimum atomic E-state index is -0.843. The third-order valence-electron chi connectivity index (χ3n) is 5.79. The Morgan fingerprint density at radius 3 is 2.62 bits per heavy atom. The molecule has 0 spiro atoms. The lowest BCUT2D eigenvalue weighted by molar-refractivity contribution is -0.158. The fraction of sp³-hybridized carbons (Fsp3) is 0.684. The molecule has 2 fully saturated rings. The first-order valence-electron chi connectivity index (χ1n) is 9.26. The van der Waals surface area contributed by atoms with Crippen LogP contribution in [0, 0.1) is 5.41 Å². The fourth-order valence-electron chi connectivity index (χ4n) is 3.83. The van der Waals surface area contributed by atoms with E-state index in [1.807, 2.05) is 13.8 Å². The zero-order valence-electron chi connectivity index (χ0n) is 15.7. The average Bonchev–Trinajstić information content (AvgIpc) is 2.60. The van der Waals surface area contributed by atoms with Gasteiger partial charge in [-0.1, -0.05) is 19.9 Å². The molecule has 7 nitrogen and oxygen atoms in total. The number of carbonyl (C=O) groups is 1. The Kier molecular flexibility index (Phi) is 5.50. The highest BCUT2D eigenvalue weighted by Crippen LogP contribution is 2.39. The Hall–Kier alpha value is -1.70. The Labute approximate surface area is 154 Å². The first kappa shape index (κ1) is 19.1. The lowest BCUT2D eigenvalue weighted by Crippen LogP contribution is -2.63. The zero-order chi connectivity index (χ0) is 18.8.